The number of aliphatic imine (C=N–C) groups is 1. The normalized spacial score (nSPS) is 5.20. The van der Waals surface area contributed by atoms with E-state index in [2.05, 4.69) is 223 Å². The van der Waals surface area contributed by atoms with Crippen molar-refractivity contribution in [3.05, 3.63) is 107 Å². The van der Waals surface area contributed by atoms with Crippen LogP contribution >= 0.6 is 0 Å². The Bertz CT molecular complexity index is 1660. The molecule has 1 aromatic heterocycles. The number of carbonyl (C=O) groups is 2. The minimum atomic E-state index is -0.461. The molecular weight excluding hydrogens is 12600 g/mol. The number of unbranched alkanes of at least 4 members (excludes halogenated alkanes) is 2. The van der Waals surface area contributed by atoms with Crippen LogP contribution < -0.4 is 4.98 Å². The molecule has 0 aliphatic carbocycles. The molecule has 3 N–H and O–H groups in total. The van der Waals surface area contributed by atoms with Gasteiger partial charge in [0.05, 0.1) is 0 Å². The fraction of sp³-hybridized carbons (Fsp3) is 0.712. The van der Waals surface area contributed by atoms with Crippen molar-refractivity contribution >= 4 is 41.4 Å². The van der Waals surface area contributed by atoms with Crippen molar-refractivity contribution in [1.29, 1.82) is 0 Å². The van der Waals surface area contributed by atoms with Gasteiger partial charge in [-0.25, -0.2) is 0 Å². The monoisotopic (exact) mass is 12700 g/mol. The van der Waals surface area contributed by atoms with Crippen LogP contribution in [0.5, 0.6) is 0 Å². The number of ketones is 1. The molecular formula is C73H146N4O3SW63-4. The Labute approximate surface area is 1800 Å². The summed E-state index contributed by atoms with van der Waals surface area (Å²) in [5, 5.41) is 8.87. The number of nitrogens with one attached hydrogen (secondary N) is 2. The first-order chi connectivity index (χ1) is 38.2. The molecule has 0 atom stereocenters. The number of aryl methyl sites for hydroxylation is 2. The van der Waals surface area contributed by atoms with Crippen LogP contribution in [0, 0.1) is 23.7 Å². The molecule has 0 radical (unpaired) electrons. The fourth-order valence-electron chi connectivity index (χ4n) is 3.69. The number of para-hydroxylation sites is 1. The first-order valence-corrected chi connectivity index (χ1v) is 32.9. The Morgan fingerprint density at radius 3 is 0.667 bits per heavy atom. The number of amides is 1. The van der Waals surface area contributed by atoms with Gasteiger partial charge in [0.25, 0.3) is 0 Å². The van der Waals surface area contributed by atoms with E-state index in [9.17, 15) is 9.59 Å². The molecule has 0 saturated carbocycles. The maximum absolute atomic E-state index is 10.0. The maximum atomic E-state index is 10.0. The van der Waals surface area contributed by atoms with Crippen molar-refractivity contribution in [2.24, 2.45) is 28.7 Å². The van der Waals surface area contributed by atoms with Crippen molar-refractivity contribution in [1.82, 2.24) is 4.98 Å². The summed E-state index contributed by atoms with van der Waals surface area (Å²) in [7, 11) is 0. The summed E-state index contributed by atoms with van der Waals surface area (Å²) in [5.74, 6) is 4.17. The summed E-state index contributed by atoms with van der Waals surface area (Å²) in [5.41, 5.74) is 18.9. The third-order valence-corrected chi connectivity index (χ3v) is 8.98. The van der Waals surface area contributed by atoms with Crippen molar-refractivity contribution in [3.8, 4) is 0 Å². The van der Waals surface area contributed by atoms with Crippen LogP contribution in [-0.2, 0) is 1360 Å². The van der Waals surface area contributed by atoms with Crippen molar-refractivity contribution in [2.75, 3.05) is 12.4 Å². The first-order valence-electron chi connectivity index (χ1n) is 32.3. The largest absolute Gasteiger partial charge is 0.793 e. The quantitative estimate of drug-likeness (QED) is 0.161. The van der Waals surface area contributed by atoms with Gasteiger partial charge in [-0.3, -0.25) is 4.99 Å². The van der Waals surface area contributed by atoms with Gasteiger partial charge in [0, 0.05) is 1360 Å². The van der Waals surface area contributed by atoms with Gasteiger partial charge in [0.1, 0.15) is 5.78 Å². The molecule has 0 fully saturated rings. The summed E-state index contributed by atoms with van der Waals surface area (Å²) in [4.78, 5) is 28.1. The van der Waals surface area contributed by atoms with Crippen LogP contribution in [0.2, 0.25) is 0 Å². The van der Waals surface area contributed by atoms with Gasteiger partial charge < -0.3 is 43.8 Å². The molecule has 0 unspecified atom stereocenters. The number of benzene rings is 2. The molecule has 1 amide bonds. The SMILES string of the molecule is C=C([NH-])CCCC.CC.CC.CC(C)C.CC(C)C.CCC.CCC(C)C.CCC(C)C.CCC1=CCC=N1.CCCC.CCCC(C)=O.CCCC([NH-])=O.CCC[S-].CCO.CCc1c[n-]c2ccccc12.CCc1ccccc1.[W].[W].[W].[W].[W].[W].[W].[W].[W].[W].[W].[W].[W].[W].[W].[W].[W].[W].[W].[W].[W].[W].[W].[W].[W].[W].[W].[W].[W].[W].[W].[W].[W].[W].[W].[W].[W].[W].[W].[W].[W].[W].[W].[W].[W].[W].[W].[W].[W].[W].[W].[W].[W].[W].[W].[W].[W].[W].[W].[W].[W].[W].[W]. The standard InChI is InChI=1S/C10H10N.C8H10.C6H9N.C6H12N.C5H10O.2C5H12.C4H9NO.3C4H10.C3H8S.C3H8.C2H6O.2C2H6.63W/c1-2-8-7-11-10-6-4-3-5-9(8)10;1-2-8-6-4-3-5-7-8;1-2-6-4-3-5-7-6;1-3-4-5-6(2)7;1-3-4-5(2)6;2*1-4-5(2)3;1-2-3-4(5)6;2*1-4(2)3;1-3-4-2;1-2-3-4;1-3-2;1-2-3;2*1-2;;;;;;;;;;;;;;;;;;;;;;;;;;;;;;;;;;;;;;;;;;;;;;;;;;;;;;;;;;;;;;;/h3-7H,2H2,1H3;3-7H,2H2,1H3;4-5H,2-3H2,1H3;7H,2-5H2,1H3;3-4H2,1-2H3;2*5H,4H2,1-3H3;2-3H2,1H3,(H2,5,6);2*4H,1-3H3;3-4H2,1-2H3;4H,2-3H2,1H3;3H2,1-2H3;3H,2H2,1H3;2*1-2H3;;;;;;;;;;;;;;;;;;;;;;;;;;;;;;;;;;;;;;;;;;;;;;;;;;;;;;;;;;;;;;;/q-1;;;-1;;;;;;;;;;;;;;;;;;;;;;;;;;;;;;;;;;;;;;;;;;;;;;;;;;;;;;;;;;;;;;;;;;;;;;;;;;;/p-2. The number of hydrogen-bond acceptors (Lipinski definition) is 5. The van der Waals surface area contributed by atoms with Gasteiger partial charge in [-0.1, -0.05) is 311 Å². The second-order valence-electron chi connectivity index (χ2n) is 20.2. The van der Waals surface area contributed by atoms with Crippen molar-refractivity contribution in [2.45, 2.75) is 310 Å². The second kappa shape index (κ2) is 510. The Kier molecular flexibility index (Phi) is 1840. The van der Waals surface area contributed by atoms with Gasteiger partial charge >= 0.3 is 0 Å². The van der Waals surface area contributed by atoms with Crippen LogP contribution in [0.25, 0.3) is 22.4 Å². The summed E-state index contributed by atoms with van der Waals surface area (Å²) in [6.45, 7) is 64.4. The van der Waals surface area contributed by atoms with Crippen molar-refractivity contribution in [3.63, 3.8) is 0 Å². The summed E-state index contributed by atoms with van der Waals surface area (Å²) >= 11 is 4.55. The number of allylic oxidation sites excluding steroid dienone is 3. The van der Waals surface area contributed by atoms with E-state index in [1.807, 2.05) is 66.1 Å². The predicted molar refractivity (Wildman–Crippen MR) is 383 cm³/mol. The molecule has 71 heteroatoms. The summed E-state index contributed by atoms with van der Waals surface area (Å²) in [6.07, 6.45) is 24.1. The van der Waals surface area contributed by atoms with Gasteiger partial charge in [0.2, 0.25) is 0 Å². The van der Waals surface area contributed by atoms with Gasteiger partial charge in [-0.05, 0) is 87.0 Å². The van der Waals surface area contributed by atoms with Crippen LogP contribution in [0.1, 0.15) is 308 Å². The zero-order chi connectivity index (χ0) is 66.3. The molecule has 4 rings (SSSR count). The third kappa shape index (κ3) is 634. The van der Waals surface area contributed by atoms with E-state index in [-0.39, 0.29) is 1340 Å². The Morgan fingerprint density at radius 1 is 0.347 bits per heavy atom. The molecule has 1 aliphatic rings. The third-order valence-electron chi connectivity index (χ3n) is 8.57. The van der Waals surface area contributed by atoms with Crippen LogP contribution in [0.4, 0.5) is 0 Å². The van der Waals surface area contributed by atoms with E-state index < -0.39 is 5.91 Å². The number of carbonyl (C=O) groups excluding carboxylic acids is 2. The Balaban J connectivity index is -0.00000000475. The van der Waals surface area contributed by atoms with E-state index >= 15 is 0 Å². The average Bonchev–Trinajstić information content (AvgIpc) is 1.70. The topological polar surface area (TPSA) is 128 Å². The molecule has 0 spiro atoms. The number of fused-ring (bicyclic) bond motifs is 1. The Morgan fingerprint density at radius 2 is 0.562 bits per heavy atom. The number of aliphatic hydroxyl groups excluding tert-OH is 1. The first kappa shape index (κ1) is 519. The minimum Gasteiger partial charge on any atom is -0.793 e. The molecule has 0 saturated heterocycles. The number of hydrogen-bond donors (Lipinski definition) is 1. The van der Waals surface area contributed by atoms with Crippen LogP contribution in [0.3, 0.4) is 0 Å². The van der Waals surface area contributed by atoms with Gasteiger partial charge in [-0.15, -0.1) is 12.1 Å². The fourth-order valence-corrected chi connectivity index (χ4v) is 3.69. The van der Waals surface area contributed by atoms with Crippen molar-refractivity contribution < 1.29 is 1340 Å². The number of Topliss-reactive ketones (excluding diaryl/α,β-unsaturated/α-hetero) is 1. The molecule has 144 heavy (non-hydrogen) atoms. The van der Waals surface area contributed by atoms with E-state index in [0.29, 0.717) is 12.1 Å². The number of nitrogens with zero attached hydrogens (tertiary/aromatic N) is 2. The van der Waals surface area contributed by atoms with Crippen LogP contribution in [-0.4, -0.2) is 35.4 Å². The minimum absolute atomic E-state index is 0. The zero-order valence-electron chi connectivity index (χ0n) is 85.7. The summed E-state index contributed by atoms with van der Waals surface area (Å²) < 4.78 is 0. The van der Waals surface area contributed by atoms with E-state index in [1.165, 1.54) is 54.3 Å². The molecule has 3 aromatic rings. The summed E-state index contributed by atoms with van der Waals surface area (Å²) in [6, 6.07) is 18.7. The maximum Gasteiger partial charge on any atom is 0.129 e. The van der Waals surface area contributed by atoms with E-state index in [0.717, 1.165) is 106 Å². The average molecular weight is 12700 g/mol. The van der Waals surface area contributed by atoms with Gasteiger partial charge in [-0.2, -0.15) is 17.6 Å². The number of aromatic nitrogens is 1. The second-order valence-corrected chi connectivity index (χ2v) is 20.6. The molecule has 2 heterocycles. The van der Waals surface area contributed by atoms with Gasteiger partial charge in [0.15, 0.2) is 0 Å². The van der Waals surface area contributed by atoms with E-state index in [4.69, 9.17) is 16.6 Å². The molecule has 864 valence electrons. The molecule has 2 aromatic carbocycles. The van der Waals surface area contributed by atoms with Crippen LogP contribution in [0.15, 0.2) is 89.8 Å². The Hall–Kier alpha value is 39.7. The number of aliphatic hydroxyl groups is 1. The molecule has 0 bridgehead atoms. The zero-order valence-corrected chi connectivity index (χ0v) is 271. The predicted octanol–water partition coefficient (Wildman–Crippen LogP) is 25.3. The molecule has 7 nitrogen and oxygen atoms in total. The van der Waals surface area contributed by atoms with E-state index in [1.54, 1.807) is 13.8 Å². The smallest absolute Gasteiger partial charge is 0.129 e. The molecule has 1 aliphatic heterocycles. The number of rotatable bonds is 14.